The van der Waals surface area contributed by atoms with Gasteiger partial charge in [0.25, 0.3) is 5.91 Å². The molecule has 3 aromatic rings. The Morgan fingerprint density at radius 1 is 1.11 bits per heavy atom. The second-order valence-electron chi connectivity index (χ2n) is 6.04. The van der Waals surface area contributed by atoms with Gasteiger partial charge in [0.15, 0.2) is 11.5 Å². The first-order valence-electron chi connectivity index (χ1n) is 8.46. The maximum atomic E-state index is 12.5. The van der Waals surface area contributed by atoms with Crippen LogP contribution in [-0.2, 0) is 0 Å². The summed E-state index contributed by atoms with van der Waals surface area (Å²) in [6, 6.07) is 12.3. The van der Waals surface area contributed by atoms with Crippen LogP contribution in [0.25, 0.3) is 11.4 Å². The number of methoxy groups -OCH3 is 2. The van der Waals surface area contributed by atoms with Gasteiger partial charge < -0.3 is 19.3 Å². The molecule has 0 aliphatic rings. The number of carbonyl (C=O) groups is 1. The predicted octanol–water partition coefficient (Wildman–Crippen LogP) is 3.55. The smallest absolute Gasteiger partial charge is 0.252 e. The average Bonchev–Trinajstić information content (AvgIpc) is 3.17. The molecule has 27 heavy (non-hydrogen) atoms. The number of aromatic nitrogens is 2. The lowest BCUT2D eigenvalue weighted by atomic mass is 10.1. The van der Waals surface area contributed by atoms with E-state index in [0.717, 1.165) is 11.1 Å². The molecule has 7 heteroatoms. The van der Waals surface area contributed by atoms with Crippen LogP contribution in [0.3, 0.4) is 0 Å². The molecule has 3 rings (SSSR count). The number of nitrogens with zero attached hydrogens (tertiary/aromatic N) is 2. The Kier molecular flexibility index (Phi) is 5.40. The fourth-order valence-electron chi connectivity index (χ4n) is 2.66. The molecule has 0 fully saturated rings. The topological polar surface area (TPSA) is 86.5 Å². The summed E-state index contributed by atoms with van der Waals surface area (Å²) >= 11 is 0. The molecule has 0 aliphatic carbocycles. The fourth-order valence-corrected chi connectivity index (χ4v) is 2.66. The van der Waals surface area contributed by atoms with Crippen LogP contribution in [-0.4, -0.2) is 30.3 Å². The van der Waals surface area contributed by atoms with Crippen LogP contribution in [0.15, 0.2) is 47.0 Å². The summed E-state index contributed by atoms with van der Waals surface area (Å²) in [5.41, 5.74) is 2.39. The number of carbonyl (C=O) groups excluding carboxylic acids is 1. The SMILES string of the molecule is COc1ccc(C(=O)N[C@@H](C)c2nc(-c3ccccc3C)no2)cc1OC. The maximum absolute atomic E-state index is 12.5. The number of hydrogen-bond acceptors (Lipinski definition) is 6. The molecule has 1 aromatic heterocycles. The Hall–Kier alpha value is -3.35. The summed E-state index contributed by atoms with van der Waals surface area (Å²) in [6.45, 7) is 3.77. The largest absolute Gasteiger partial charge is 0.493 e. The van der Waals surface area contributed by atoms with Gasteiger partial charge in [0.1, 0.15) is 6.04 Å². The van der Waals surface area contributed by atoms with Crippen LogP contribution in [0, 0.1) is 6.92 Å². The van der Waals surface area contributed by atoms with Crippen molar-refractivity contribution in [2.24, 2.45) is 0 Å². The minimum absolute atomic E-state index is 0.279. The van der Waals surface area contributed by atoms with Crippen molar-refractivity contribution >= 4 is 5.91 Å². The highest BCUT2D eigenvalue weighted by atomic mass is 16.5. The number of ether oxygens (including phenoxy) is 2. The van der Waals surface area contributed by atoms with Gasteiger partial charge in [-0.1, -0.05) is 29.4 Å². The molecule has 1 amide bonds. The van der Waals surface area contributed by atoms with E-state index in [-0.39, 0.29) is 5.91 Å². The highest BCUT2D eigenvalue weighted by Gasteiger charge is 2.19. The van der Waals surface area contributed by atoms with Gasteiger partial charge in [-0.05, 0) is 37.6 Å². The lowest BCUT2D eigenvalue weighted by Gasteiger charge is -2.12. The van der Waals surface area contributed by atoms with Crippen molar-refractivity contribution in [1.29, 1.82) is 0 Å². The Balaban J connectivity index is 1.75. The molecule has 0 unspecified atom stereocenters. The normalized spacial score (nSPS) is 11.7. The number of amides is 1. The Bertz CT molecular complexity index is 952. The number of rotatable bonds is 6. The first-order chi connectivity index (χ1) is 13.0. The van der Waals surface area contributed by atoms with Gasteiger partial charge in [0.05, 0.1) is 14.2 Å². The minimum Gasteiger partial charge on any atom is -0.493 e. The van der Waals surface area contributed by atoms with Gasteiger partial charge >= 0.3 is 0 Å². The molecule has 0 saturated carbocycles. The van der Waals surface area contributed by atoms with Crippen LogP contribution in [0.4, 0.5) is 0 Å². The Morgan fingerprint density at radius 3 is 2.56 bits per heavy atom. The molecule has 0 bridgehead atoms. The number of nitrogens with one attached hydrogen (secondary N) is 1. The van der Waals surface area contributed by atoms with Gasteiger partial charge in [-0.25, -0.2) is 0 Å². The third-order valence-electron chi connectivity index (χ3n) is 4.19. The predicted molar refractivity (Wildman–Crippen MR) is 99.9 cm³/mol. The molecular formula is C20H21N3O4. The van der Waals surface area contributed by atoms with Crippen molar-refractivity contribution in [2.75, 3.05) is 14.2 Å². The van der Waals surface area contributed by atoms with Gasteiger partial charge in [0, 0.05) is 11.1 Å². The second kappa shape index (κ2) is 7.90. The monoisotopic (exact) mass is 367 g/mol. The summed E-state index contributed by atoms with van der Waals surface area (Å²) in [5, 5.41) is 6.87. The molecule has 1 heterocycles. The van der Waals surface area contributed by atoms with E-state index in [1.807, 2.05) is 31.2 Å². The quantitative estimate of drug-likeness (QED) is 0.717. The van der Waals surface area contributed by atoms with E-state index in [1.54, 1.807) is 32.2 Å². The van der Waals surface area contributed by atoms with Gasteiger partial charge in [-0.3, -0.25) is 4.79 Å². The number of benzene rings is 2. The van der Waals surface area contributed by atoms with Crippen molar-refractivity contribution in [1.82, 2.24) is 15.5 Å². The lowest BCUT2D eigenvalue weighted by molar-refractivity contribution is 0.0932. The van der Waals surface area contributed by atoms with Gasteiger partial charge in [-0.15, -0.1) is 0 Å². The molecule has 1 N–H and O–H groups in total. The van der Waals surface area contributed by atoms with E-state index in [9.17, 15) is 4.79 Å². The van der Waals surface area contributed by atoms with E-state index in [4.69, 9.17) is 14.0 Å². The van der Waals surface area contributed by atoms with E-state index in [2.05, 4.69) is 15.5 Å². The highest BCUT2D eigenvalue weighted by molar-refractivity contribution is 5.95. The van der Waals surface area contributed by atoms with Crippen LogP contribution in [0.5, 0.6) is 11.5 Å². The Labute approximate surface area is 157 Å². The average molecular weight is 367 g/mol. The van der Waals surface area contributed by atoms with Crippen LogP contribution in [0.2, 0.25) is 0 Å². The van der Waals surface area contributed by atoms with Crippen LogP contribution >= 0.6 is 0 Å². The maximum Gasteiger partial charge on any atom is 0.252 e. The molecule has 1 atom stereocenters. The van der Waals surface area contributed by atoms with Crippen molar-refractivity contribution < 1.29 is 18.8 Å². The van der Waals surface area contributed by atoms with Crippen molar-refractivity contribution in [3.8, 4) is 22.9 Å². The molecule has 0 saturated heterocycles. The first kappa shape index (κ1) is 18.4. The second-order valence-corrected chi connectivity index (χ2v) is 6.04. The summed E-state index contributed by atoms with van der Waals surface area (Å²) in [6.07, 6.45) is 0. The zero-order chi connectivity index (χ0) is 19.4. The molecule has 140 valence electrons. The molecular weight excluding hydrogens is 346 g/mol. The molecule has 2 aromatic carbocycles. The summed E-state index contributed by atoms with van der Waals surface area (Å²) in [7, 11) is 3.06. The van der Waals surface area contributed by atoms with E-state index in [1.165, 1.54) is 7.11 Å². The molecule has 0 spiro atoms. The van der Waals surface area contributed by atoms with Crippen molar-refractivity contribution in [3.63, 3.8) is 0 Å². The van der Waals surface area contributed by atoms with Gasteiger partial charge in [-0.2, -0.15) is 4.98 Å². The Morgan fingerprint density at radius 2 is 1.85 bits per heavy atom. The third-order valence-corrected chi connectivity index (χ3v) is 4.19. The third kappa shape index (κ3) is 3.92. The van der Waals surface area contributed by atoms with Gasteiger partial charge in [0.2, 0.25) is 11.7 Å². The minimum atomic E-state index is -0.448. The lowest BCUT2D eigenvalue weighted by Crippen LogP contribution is -2.26. The summed E-state index contributed by atoms with van der Waals surface area (Å²) in [5.74, 6) is 1.59. The van der Waals surface area contributed by atoms with E-state index >= 15 is 0 Å². The molecule has 7 nitrogen and oxygen atoms in total. The van der Waals surface area contributed by atoms with E-state index in [0.29, 0.717) is 28.8 Å². The molecule has 0 radical (unpaired) electrons. The van der Waals surface area contributed by atoms with Crippen molar-refractivity contribution in [2.45, 2.75) is 19.9 Å². The van der Waals surface area contributed by atoms with Crippen LogP contribution < -0.4 is 14.8 Å². The van der Waals surface area contributed by atoms with E-state index < -0.39 is 6.04 Å². The zero-order valence-corrected chi connectivity index (χ0v) is 15.6. The fraction of sp³-hybridized carbons (Fsp3) is 0.250. The van der Waals surface area contributed by atoms with Crippen molar-refractivity contribution in [3.05, 3.63) is 59.5 Å². The summed E-state index contributed by atoms with van der Waals surface area (Å²) in [4.78, 5) is 16.9. The molecule has 0 aliphatic heterocycles. The zero-order valence-electron chi connectivity index (χ0n) is 15.6. The summed E-state index contributed by atoms with van der Waals surface area (Å²) < 4.78 is 15.8. The number of hydrogen-bond donors (Lipinski definition) is 1. The standard InChI is InChI=1S/C20H21N3O4/c1-12-7-5-6-8-15(12)18-22-20(27-23-18)13(2)21-19(24)14-9-10-16(25-3)17(11-14)26-4/h5-11,13H,1-4H3,(H,21,24)/t13-/m0/s1. The number of aryl methyl sites for hydroxylation is 1. The van der Waals surface area contributed by atoms with Crippen LogP contribution in [0.1, 0.15) is 34.8 Å². The highest BCUT2D eigenvalue weighted by Crippen LogP contribution is 2.28. The first-order valence-corrected chi connectivity index (χ1v) is 8.46.